The fourth-order valence-corrected chi connectivity index (χ4v) is 1.74. The summed E-state index contributed by atoms with van der Waals surface area (Å²) >= 11 is 0. The van der Waals surface area contributed by atoms with Gasteiger partial charge in [-0.2, -0.15) is 10.2 Å². The molecule has 0 bridgehead atoms. The summed E-state index contributed by atoms with van der Waals surface area (Å²) in [5, 5.41) is 11.0. The molecule has 14 heavy (non-hydrogen) atoms. The number of aryl methyl sites for hydroxylation is 2. The third-order valence-electron chi connectivity index (χ3n) is 2.51. The Labute approximate surface area is 84.0 Å². The van der Waals surface area contributed by atoms with Crippen LogP contribution in [-0.4, -0.2) is 10.2 Å². The van der Waals surface area contributed by atoms with Crippen LogP contribution in [0.15, 0.2) is 24.3 Å². The van der Waals surface area contributed by atoms with Gasteiger partial charge in [0.05, 0.1) is 11.4 Å². The number of rotatable bonds is 2. The summed E-state index contributed by atoms with van der Waals surface area (Å²) in [7, 11) is 0. The average Bonchev–Trinajstić information content (AvgIpc) is 2.27. The van der Waals surface area contributed by atoms with Crippen molar-refractivity contribution in [3.05, 3.63) is 35.7 Å². The average molecular weight is 186 g/mol. The van der Waals surface area contributed by atoms with Crippen molar-refractivity contribution in [1.82, 2.24) is 10.2 Å². The Morgan fingerprint density at radius 3 is 1.64 bits per heavy atom. The van der Waals surface area contributed by atoms with Crippen LogP contribution in [0.4, 0.5) is 0 Å². The van der Waals surface area contributed by atoms with E-state index in [0.717, 1.165) is 24.2 Å². The van der Waals surface area contributed by atoms with Gasteiger partial charge in [-0.3, -0.25) is 0 Å². The zero-order chi connectivity index (χ0) is 9.97. The van der Waals surface area contributed by atoms with Crippen molar-refractivity contribution in [2.24, 2.45) is 0 Å². The molecule has 2 nitrogen and oxygen atoms in total. The Morgan fingerprint density at radius 1 is 0.857 bits per heavy atom. The zero-order valence-electron chi connectivity index (χ0n) is 8.62. The molecular weight excluding hydrogens is 172 g/mol. The van der Waals surface area contributed by atoms with E-state index in [1.165, 1.54) is 10.8 Å². The molecule has 0 amide bonds. The summed E-state index contributed by atoms with van der Waals surface area (Å²) in [5.74, 6) is 0. The van der Waals surface area contributed by atoms with Gasteiger partial charge in [-0.15, -0.1) is 0 Å². The van der Waals surface area contributed by atoms with Crippen LogP contribution >= 0.6 is 0 Å². The van der Waals surface area contributed by atoms with Crippen LogP contribution in [0.5, 0.6) is 0 Å². The van der Waals surface area contributed by atoms with E-state index in [1.54, 1.807) is 0 Å². The third kappa shape index (κ3) is 1.37. The maximum Gasteiger partial charge on any atom is 0.0706 e. The van der Waals surface area contributed by atoms with E-state index < -0.39 is 0 Å². The molecule has 72 valence electrons. The SMILES string of the molecule is CCc1nnc(CC)c2ccccc12. The van der Waals surface area contributed by atoms with Crippen LogP contribution in [-0.2, 0) is 12.8 Å². The molecule has 0 saturated carbocycles. The molecule has 2 heteroatoms. The van der Waals surface area contributed by atoms with Gasteiger partial charge in [0.25, 0.3) is 0 Å². The van der Waals surface area contributed by atoms with Crippen LogP contribution in [0.2, 0.25) is 0 Å². The highest BCUT2D eigenvalue weighted by Crippen LogP contribution is 2.19. The summed E-state index contributed by atoms with van der Waals surface area (Å²) < 4.78 is 0. The Bertz CT molecular complexity index is 407. The van der Waals surface area contributed by atoms with Crippen molar-refractivity contribution >= 4 is 10.8 Å². The molecule has 0 N–H and O–H groups in total. The van der Waals surface area contributed by atoms with Gasteiger partial charge in [-0.25, -0.2) is 0 Å². The fraction of sp³-hybridized carbons (Fsp3) is 0.333. The second-order valence-electron chi connectivity index (χ2n) is 3.35. The van der Waals surface area contributed by atoms with Gasteiger partial charge in [0.15, 0.2) is 0 Å². The molecule has 1 heterocycles. The molecule has 0 radical (unpaired) electrons. The van der Waals surface area contributed by atoms with E-state index in [-0.39, 0.29) is 0 Å². The minimum absolute atomic E-state index is 0.942. The van der Waals surface area contributed by atoms with Crippen LogP contribution < -0.4 is 0 Å². The molecule has 1 aromatic heterocycles. The molecule has 1 aromatic carbocycles. The Balaban J connectivity index is 2.78. The van der Waals surface area contributed by atoms with Crippen molar-refractivity contribution in [2.75, 3.05) is 0 Å². The van der Waals surface area contributed by atoms with E-state index >= 15 is 0 Å². The Morgan fingerprint density at radius 2 is 1.29 bits per heavy atom. The topological polar surface area (TPSA) is 25.8 Å². The zero-order valence-corrected chi connectivity index (χ0v) is 8.62. The van der Waals surface area contributed by atoms with Gasteiger partial charge in [-0.1, -0.05) is 38.1 Å². The van der Waals surface area contributed by atoms with E-state index in [0.29, 0.717) is 0 Å². The second-order valence-corrected chi connectivity index (χ2v) is 3.35. The first-order valence-corrected chi connectivity index (χ1v) is 5.10. The fourth-order valence-electron chi connectivity index (χ4n) is 1.74. The smallest absolute Gasteiger partial charge is 0.0706 e. The normalized spacial score (nSPS) is 10.7. The monoisotopic (exact) mass is 186 g/mol. The van der Waals surface area contributed by atoms with Crippen LogP contribution in [0.25, 0.3) is 10.8 Å². The van der Waals surface area contributed by atoms with Crippen molar-refractivity contribution in [3.8, 4) is 0 Å². The molecule has 0 fully saturated rings. The maximum atomic E-state index is 4.25. The van der Waals surface area contributed by atoms with Crippen molar-refractivity contribution in [2.45, 2.75) is 26.7 Å². The molecule has 0 atom stereocenters. The first kappa shape index (κ1) is 9.13. The second kappa shape index (κ2) is 3.74. The minimum Gasteiger partial charge on any atom is -0.155 e. The first-order valence-electron chi connectivity index (χ1n) is 5.10. The lowest BCUT2D eigenvalue weighted by atomic mass is 10.1. The van der Waals surface area contributed by atoms with E-state index in [9.17, 15) is 0 Å². The molecule has 0 spiro atoms. The van der Waals surface area contributed by atoms with Crippen molar-refractivity contribution in [1.29, 1.82) is 0 Å². The van der Waals surface area contributed by atoms with E-state index in [2.05, 4.69) is 48.3 Å². The summed E-state index contributed by atoms with van der Waals surface area (Å²) in [5.41, 5.74) is 2.19. The molecule has 0 aliphatic carbocycles. The lowest BCUT2D eigenvalue weighted by Crippen LogP contribution is -1.98. The van der Waals surface area contributed by atoms with Crippen molar-refractivity contribution in [3.63, 3.8) is 0 Å². The highest BCUT2D eigenvalue weighted by Gasteiger charge is 2.05. The summed E-state index contributed by atoms with van der Waals surface area (Å²) in [6, 6.07) is 8.37. The number of hydrogen-bond donors (Lipinski definition) is 0. The number of nitrogens with zero attached hydrogens (tertiary/aromatic N) is 2. The van der Waals surface area contributed by atoms with Gasteiger partial charge >= 0.3 is 0 Å². The molecule has 2 aromatic rings. The third-order valence-corrected chi connectivity index (χ3v) is 2.51. The molecule has 0 unspecified atom stereocenters. The predicted octanol–water partition coefficient (Wildman–Crippen LogP) is 2.75. The van der Waals surface area contributed by atoms with Gasteiger partial charge in [0, 0.05) is 10.8 Å². The van der Waals surface area contributed by atoms with E-state index in [4.69, 9.17) is 0 Å². The Kier molecular flexibility index (Phi) is 2.44. The number of benzene rings is 1. The van der Waals surface area contributed by atoms with Crippen LogP contribution in [0.1, 0.15) is 25.2 Å². The minimum atomic E-state index is 0.942. The highest BCUT2D eigenvalue weighted by molar-refractivity contribution is 5.86. The van der Waals surface area contributed by atoms with Crippen molar-refractivity contribution < 1.29 is 0 Å². The lowest BCUT2D eigenvalue weighted by molar-refractivity contribution is 0.884. The van der Waals surface area contributed by atoms with E-state index in [1.807, 2.05) is 0 Å². The van der Waals surface area contributed by atoms with Gasteiger partial charge in [0.1, 0.15) is 0 Å². The van der Waals surface area contributed by atoms with Gasteiger partial charge in [0.2, 0.25) is 0 Å². The number of aromatic nitrogens is 2. The van der Waals surface area contributed by atoms with Gasteiger partial charge in [-0.05, 0) is 12.8 Å². The van der Waals surface area contributed by atoms with Crippen LogP contribution in [0.3, 0.4) is 0 Å². The molecular formula is C12H14N2. The molecule has 0 aliphatic heterocycles. The molecule has 2 rings (SSSR count). The Hall–Kier alpha value is -1.44. The number of hydrogen-bond acceptors (Lipinski definition) is 2. The maximum absolute atomic E-state index is 4.25. The highest BCUT2D eigenvalue weighted by atomic mass is 15.1. The molecule has 0 saturated heterocycles. The standard InChI is InChI=1S/C12H14N2/c1-3-11-9-7-5-6-8-10(9)12(4-2)14-13-11/h5-8H,3-4H2,1-2H3. The molecule has 0 aliphatic rings. The quantitative estimate of drug-likeness (QED) is 0.720. The summed E-state index contributed by atoms with van der Waals surface area (Å²) in [6.45, 7) is 4.23. The lowest BCUT2D eigenvalue weighted by Gasteiger charge is -2.05. The largest absolute Gasteiger partial charge is 0.155 e. The first-order chi connectivity index (χ1) is 6.86. The van der Waals surface area contributed by atoms with Gasteiger partial charge < -0.3 is 0 Å². The number of fused-ring (bicyclic) bond motifs is 1. The summed E-state index contributed by atoms with van der Waals surface area (Å²) in [4.78, 5) is 0. The predicted molar refractivity (Wildman–Crippen MR) is 58.3 cm³/mol. The van der Waals surface area contributed by atoms with Crippen LogP contribution in [0, 0.1) is 0 Å². The summed E-state index contributed by atoms with van der Waals surface area (Å²) in [6.07, 6.45) is 1.88.